The van der Waals surface area contributed by atoms with Crippen LogP contribution in [-0.2, 0) is 14.6 Å². The van der Waals surface area contributed by atoms with Gasteiger partial charge in [-0.25, -0.2) is 13.2 Å². The second kappa shape index (κ2) is 4.73. The molecule has 1 amide bonds. The zero-order valence-electron chi connectivity index (χ0n) is 11.1. The first-order valence-corrected chi connectivity index (χ1v) is 8.32. The van der Waals surface area contributed by atoms with E-state index in [1.807, 2.05) is 0 Å². The monoisotopic (exact) mass is 310 g/mol. The van der Waals surface area contributed by atoms with Gasteiger partial charge < -0.3 is 15.3 Å². The largest absolute Gasteiger partial charge is 0.478 e. The summed E-state index contributed by atoms with van der Waals surface area (Å²) in [6.45, 7) is 0.0380. The Hall–Kier alpha value is -2.09. The zero-order chi connectivity index (χ0) is 15.2. The average molecular weight is 310 g/mol. The van der Waals surface area contributed by atoms with Crippen LogP contribution in [0.3, 0.4) is 0 Å². The molecule has 8 heteroatoms. The number of carboxylic acids is 1. The molecule has 7 nitrogen and oxygen atoms in total. The summed E-state index contributed by atoms with van der Waals surface area (Å²) < 4.78 is 23.3. The number of carbonyl (C=O) groups is 2. The smallest absolute Gasteiger partial charge is 0.335 e. The third kappa shape index (κ3) is 2.58. The van der Waals surface area contributed by atoms with E-state index < -0.39 is 15.8 Å². The fourth-order valence-electron chi connectivity index (χ4n) is 2.78. The lowest BCUT2D eigenvalue weighted by Crippen LogP contribution is -2.45. The van der Waals surface area contributed by atoms with Crippen LogP contribution in [0, 0.1) is 0 Å². The molecule has 3 rings (SSSR count). The Labute approximate surface area is 121 Å². The van der Waals surface area contributed by atoms with E-state index in [1.54, 1.807) is 4.90 Å². The molecule has 0 saturated carbocycles. The number of nitrogens with one attached hydrogen (secondary N) is 1. The molecule has 1 atom stereocenters. The molecule has 0 aliphatic carbocycles. The van der Waals surface area contributed by atoms with E-state index in [0.717, 1.165) is 0 Å². The van der Waals surface area contributed by atoms with Crippen molar-refractivity contribution in [2.45, 2.75) is 12.5 Å². The first-order chi connectivity index (χ1) is 9.85. The normalized spacial score (nSPS) is 23.5. The minimum Gasteiger partial charge on any atom is -0.478 e. The van der Waals surface area contributed by atoms with Crippen molar-refractivity contribution in [3.63, 3.8) is 0 Å². The van der Waals surface area contributed by atoms with E-state index in [4.69, 9.17) is 5.11 Å². The van der Waals surface area contributed by atoms with Gasteiger partial charge in [0.2, 0.25) is 5.91 Å². The molecule has 0 spiro atoms. The van der Waals surface area contributed by atoms with Gasteiger partial charge in [-0.15, -0.1) is 0 Å². The van der Waals surface area contributed by atoms with Gasteiger partial charge in [-0.3, -0.25) is 4.79 Å². The second-order valence-electron chi connectivity index (χ2n) is 5.27. The molecule has 1 unspecified atom stereocenters. The molecule has 1 saturated heterocycles. The van der Waals surface area contributed by atoms with Crippen LogP contribution in [0.4, 0.5) is 11.4 Å². The van der Waals surface area contributed by atoms with Gasteiger partial charge in [-0.05, 0) is 24.6 Å². The second-order valence-corrected chi connectivity index (χ2v) is 7.50. The van der Waals surface area contributed by atoms with Crippen molar-refractivity contribution in [3.8, 4) is 0 Å². The summed E-state index contributed by atoms with van der Waals surface area (Å²) in [7, 11) is -3.08. The minimum atomic E-state index is -3.08. The Morgan fingerprint density at radius 1 is 1.38 bits per heavy atom. The summed E-state index contributed by atoms with van der Waals surface area (Å²) in [5, 5.41) is 11.7. The van der Waals surface area contributed by atoms with Crippen molar-refractivity contribution in [2.75, 3.05) is 28.3 Å². The van der Waals surface area contributed by atoms with Crippen LogP contribution in [0.2, 0.25) is 0 Å². The quantitative estimate of drug-likeness (QED) is 0.816. The van der Waals surface area contributed by atoms with E-state index in [0.29, 0.717) is 17.8 Å². The molecule has 2 aliphatic heterocycles. The number of fused-ring (bicyclic) bond motifs is 1. The van der Waals surface area contributed by atoms with Crippen molar-refractivity contribution < 1.29 is 23.1 Å². The number of carboxylic acid groups (broad SMARTS) is 1. The Balaban J connectivity index is 2.01. The fraction of sp³-hybridized carbons (Fsp3) is 0.385. The number of hydrogen-bond donors (Lipinski definition) is 2. The summed E-state index contributed by atoms with van der Waals surface area (Å²) in [5.74, 6) is -1.19. The molecular formula is C13H14N2O5S. The molecule has 21 heavy (non-hydrogen) atoms. The summed E-state index contributed by atoms with van der Waals surface area (Å²) >= 11 is 0. The van der Waals surface area contributed by atoms with Crippen molar-refractivity contribution in [2.24, 2.45) is 0 Å². The van der Waals surface area contributed by atoms with Crippen molar-refractivity contribution in [1.29, 1.82) is 0 Å². The van der Waals surface area contributed by atoms with Crippen LogP contribution in [0.5, 0.6) is 0 Å². The van der Waals surface area contributed by atoms with Gasteiger partial charge in [-0.2, -0.15) is 0 Å². The molecule has 2 heterocycles. The maximum atomic E-state index is 11.8. The Kier molecular flexibility index (Phi) is 3.12. The maximum absolute atomic E-state index is 11.8. The van der Waals surface area contributed by atoms with Crippen LogP contribution in [0.1, 0.15) is 16.8 Å². The van der Waals surface area contributed by atoms with Crippen LogP contribution < -0.4 is 10.2 Å². The molecule has 0 bridgehead atoms. The van der Waals surface area contributed by atoms with Gasteiger partial charge >= 0.3 is 5.97 Å². The van der Waals surface area contributed by atoms with Gasteiger partial charge in [-0.1, -0.05) is 0 Å². The molecule has 1 aromatic carbocycles. The molecule has 1 fully saturated rings. The highest BCUT2D eigenvalue weighted by Gasteiger charge is 2.36. The topological polar surface area (TPSA) is 104 Å². The lowest BCUT2D eigenvalue weighted by molar-refractivity contribution is -0.115. The van der Waals surface area contributed by atoms with Gasteiger partial charge in [0.25, 0.3) is 0 Å². The SMILES string of the molecule is O=C1CN(C2CCS(=O)(=O)C2)c2cc(C(=O)O)ccc2N1. The molecule has 2 aliphatic rings. The Bertz CT molecular complexity index is 728. The predicted octanol–water partition coefficient (Wildman–Crippen LogP) is 0.330. The molecule has 0 aromatic heterocycles. The molecule has 1 aromatic rings. The number of anilines is 2. The number of benzene rings is 1. The lowest BCUT2D eigenvalue weighted by Gasteiger charge is -2.35. The van der Waals surface area contributed by atoms with E-state index in [9.17, 15) is 18.0 Å². The highest BCUT2D eigenvalue weighted by atomic mass is 32.2. The average Bonchev–Trinajstić information content (AvgIpc) is 2.77. The number of carbonyl (C=O) groups excluding carboxylic acids is 1. The maximum Gasteiger partial charge on any atom is 0.335 e. The number of sulfone groups is 1. The molecule has 0 radical (unpaired) electrons. The van der Waals surface area contributed by atoms with Gasteiger partial charge in [0.15, 0.2) is 9.84 Å². The van der Waals surface area contributed by atoms with Crippen LogP contribution in [0.15, 0.2) is 18.2 Å². The highest BCUT2D eigenvalue weighted by Crippen LogP contribution is 2.34. The van der Waals surface area contributed by atoms with Crippen LogP contribution >= 0.6 is 0 Å². The number of amides is 1. The highest BCUT2D eigenvalue weighted by molar-refractivity contribution is 7.91. The lowest BCUT2D eigenvalue weighted by atomic mass is 10.1. The summed E-state index contributed by atoms with van der Waals surface area (Å²) in [6.07, 6.45) is 0.451. The summed E-state index contributed by atoms with van der Waals surface area (Å²) in [4.78, 5) is 24.5. The van der Waals surface area contributed by atoms with Crippen LogP contribution in [0.25, 0.3) is 0 Å². The first kappa shape index (κ1) is 13.9. The van der Waals surface area contributed by atoms with E-state index in [-0.39, 0.29) is 35.6 Å². The van der Waals surface area contributed by atoms with Gasteiger partial charge in [0.1, 0.15) is 0 Å². The molecule has 112 valence electrons. The standard InChI is InChI=1S/C13H14N2O5S/c16-12-6-15(9-3-4-21(19,20)7-9)11-5-8(13(17)18)1-2-10(11)14-12/h1-2,5,9H,3-4,6-7H2,(H,14,16)(H,17,18). The third-order valence-electron chi connectivity index (χ3n) is 3.79. The van der Waals surface area contributed by atoms with Crippen molar-refractivity contribution in [1.82, 2.24) is 0 Å². The van der Waals surface area contributed by atoms with Gasteiger partial charge in [0.05, 0.1) is 35.0 Å². The Morgan fingerprint density at radius 2 is 2.14 bits per heavy atom. The Morgan fingerprint density at radius 3 is 2.76 bits per heavy atom. The number of rotatable bonds is 2. The van der Waals surface area contributed by atoms with Crippen LogP contribution in [-0.4, -0.2) is 49.5 Å². The van der Waals surface area contributed by atoms with E-state index in [1.165, 1.54) is 18.2 Å². The number of hydrogen-bond acceptors (Lipinski definition) is 5. The summed E-state index contributed by atoms with van der Waals surface area (Å²) in [5.41, 5.74) is 1.19. The first-order valence-electron chi connectivity index (χ1n) is 6.50. The van der Waals surface area contributed by atoms with Crippen molar-refractivity contribution >= 4 is 33.1 Å². The summed E-state index contributed by atoms with van der Waals surface area (Å²) in [6, 6.07) is 4.13. The molecule has 2 N–H and O–H groups in total. The fourth-order valence-corrected chi connectivity index (χ4v) is 4.52. The predicted molar refractivity (Wildman–Crippen MR) is 76.4 cm³/mol. The zero-order valence-corrected chi connectivity index (χ0v) is 11.9. The van der Waals surface area contributed by atoms with E-state index >= 15 is 0 Å². The van der Waals surface area contributed by atoms with Crippen molar-refractivity contribution in [3.05, 3.63) is 23.8 Å². The third-order valence-corrected chi connectivity index (χ3v) is 5.54. The molecular weight excluding hydrogens is 296 g/mol. The minimum absolute atomic E-state index is 0.00296. The van der Waals surface area contributed by atoms with Gasteiger partial charge in [0, 0.05) is 6.04 Å². The number of aromatic carboxylic acids is 1. The number of nitrogens with zero attached hydrogens (tertiary/aromatic N) is 1. The van der Waals surface area contributed by atoms with E-state index in [2.05, 4.69) is 5.32 Å².